The number of urea groups is 1. The van der Waals surface area contributed by atoms with Gasteiger partial charge in [-0.1, -0.05) is 36.4 Å². The molecule has 2 aromatic carbocycles. The molecule has 0 aromatic heterocycles. The van der Waals surface area contributed by atoms with E-state index >= 15 is 0 Å². The number of aryl methyl sites for hydroxylation is 3. The highest BCUT2D eigenvalue weighted by molar-refractivity contribution is 5.89. The first kappa shape index (κ1) is 18.0. The SMILES string of the molecule is Cc1ccc(NC(=O)NCC(C)(O)CCc2ccccc2)cc1C. The molecule has 24 heavy (non-hydrogen) atoms. The molecule has 0 bridgehead atoms. The summed E-state index contributed by atoms with van der Waals surface area (Å²) < 4.78 is 0. The zero-order chi connectivity index (χ0) is 17.6. The summed E-state index contributed by atoms with van der Waals surface area (Å²) in [4.78, 5) is 12.0. The molecule has 0 radical (unpaired) electrons. The molecule has 4 heteroatoms. The summed E-state index contributed by atoms with van der Waals surface area (Å²) in [5.41, 5.74) is 3.29. The Labute approximate surface area is 143 Å². The maximum Gasteiger partial charge on any atom is 0.319 e. The van der Waals surface area contributed by atoms with Crippen LogP contribution in [-0.4, -0.2) is 23.3 Å². The number of benzene rings is 2. The number of amides is 2. The molecular formula is C20H26N2O2. The fourth-order valence-corrected chi connectivity index (χ4v) is 2.41. The Hall–Kier alpha value is -2.33. The smallest absolute Gasteiger partial charge is 0.319 e. The first-order valence-corrected chi connectivity index (χ1v) is 8.24. The molecule has 0 spiro atoms. The molecule has 0 saturated heterocycles. The van der Waals surface area contributed by atoms with Gasteiger partial charge in [-0.05, 0) is 62.4 Å². The summed E-state index contributed by atoms with van der Waals surface area (Å²) in [7, 11) is 0. The lowest BCUT2D eigenvalue weighted by Crippen LogP contribution is -2.42. The fourth-order valence-electron chi connectivity index (χ4n) is 2.41. The van der Waals surface area contributed by atoms with Gasteiger partial charge in [-0.3, -0.25) is 0 Å². The topological polar surface area (TPSA) is 61.4 Å². The molecule has 2 aromatic rings. The van der Waals surface area contributed by atoms with Gasteiger partial charge in [0.25, 0.3) is 0 Å². The van der Waals surface area contributed by atoms with Crippen molar-refractivity contribution in [2.24, 2.45) is 0 Å². The van der Waals surface area contributed by atoms with Crippen molar-refractivity contribution in [3.63, 3.8) is 0 Å². The molecule has 0 aliphatic carbocycles. The first-order valence-electron chi connectivity index (χ1n) is 8.24. The van der Waals surface area contributed by atoms with Crippen LogP contribution in [0.2, 0.25) is 0 Å². The number of hydrogen-bond donors (Lipinski definition) is 3. The van der Waals surface area contributed by atoms with E-state index in [2.05, 4.69) is 10.6 Å². The first-order chi connectivity index (χ1) is 11.4. The van der Waals surface area contributed by atoms with E-state index in [1.807, 2.05) is 62.4 Å². The molecule has 0 aliphatic rings. The Morgan fingerprint density at radius 3 is 2.46 bits per heavy atom. The van der Waals surface area contributed by atoms with Gasteiger partial charge in [-0.15, -0.1) is 0 Å². The van der Waals surface area contributed by atoms with Crippen molar-refractivity contribution in [1.29, 1.82) is 0 Å². The summed E-state index contributed by atoms with van der Waals surface area (Å²) in [6.45, 7) is 5.98. The summed E-state index contributed by atoms with van der Waals surface area (Å²) in [6, 6.07) is 15.5. The minimum atomic E-state index is -0.948. The third-order valence-electron chi connectivity index (χ3n) is 4.19. The van der Waals surface area contributed by atoms with Gasteiger partial charge in [0.2, 0.25) is 0 Å². The quantitative estimate of drug-likeness (QED) is 0.756. The van der Waals surface area contributed by atoms with Gasteiger partial charge in [-0.25, -0.2) is 4.79 Å². The van der Waals surface area contributed by atoms with Crippen LogP contribution in [0.4, 0.5) is 10.5 Å². The number of carbonyl (C=O) groups is 1. The number of carbonyl (C=O) groups excluding carboxylic acids is 1. The minimum Gasteiger partial charge on any atom is -0.388 e. The molecule has 2 rings (SSSR count). The van der Waals surface area contributed by atoms with Gasteiger partial charge < -0.3 is 15.7 Å². The van der Waals surface area contributed by atoms with Crippen LogP contribution in [0.25, 0.3) is 0 Å². The minimum absolute atomic E-state index is 0.205. The van der Waals surface area contributed by atoms with Gasteiger partial charge >= 0.3 is 6.03 Å². The van der Waals surface area contributed by atoms with Crippen molar-refractivity contribution in [2.45, 2.75) is 39.2 Å². The Morgan fingerprint density at radius 2 is 1.79 bits per heavy atom. The van der Waals surface area contributed by atoms with E-state index in [1.54, 1.807) is 6.92 Å². The number of rotatable bonds is 6. The molecule has 0 fully saturated rings. The van der Waals surface area contributed by atoms with E-state index in [0.29, 0.717) is 6.42 Å². The van der Waals surface area contributed by atoms with Crippen molar-refractivity contribution in [1.82, 2.24) is 5.32 Å². The van der Waals surface area contributed by atoms with Crippen molar-refractivity contribution >= 4 is 11.7 Å². The van der Waals surface area contributed by atoms with E-state index in [1.165, 1.54) is 11.1 Å². The summed E-state index contributed by atoms with van der Waals surface area (Å²) in [5.74, 6) is 0. The summed E-state index contributed by atoms with van der Waals surface area (Å²) in [6.07, 6.45) is 1.36. The van der Waals surface area contributed by atoms with Crippen LogP contribution in [0.5, 0.6) is 0 Å². The average Bonchev–Trinajstić information content (AvgIpc) is 2.56. The zero-order valence-corrected chi connectivity index (χ0v) is 14.6. The second-order valence-corrected chi connectivity index (χ2v) is 6.59. The van der Waals surface area contributed by atoms with Crippen LogP contribution in [-0.2, 0) is 6.42 Å². The van der Waals surface area contributed by atoms with Crippen molar-refractivity contribution in [3.05, 3.63) is 65.2 Å². The van der Waals surface area contributed by atoms with E-state index in [9.17, 15) is 9.90 Å². The molecule has 0 saturated carbocycles. The van der Waals surface area contributed by atoms with E-state index < -0.39 is 5.60 Å². The predicted octanol–water partition coefficient (Wildman–Crippen LogP) is 3.81. The third-order valence-corrected chi connectivity index (χ3v) is 4.19. The summed E-state index contributed by atoms with van der Waals surface area (Å²) in [5, 5.41) is 16.0. The highest BCUT2D eigenvalue weighted by Crippen LogP contribution is 2.15. The Bertz CT molecular complexity index is 681. The molecule has 1 unspecified atom stereocenters. The van der Waals surface area contributed by atoms with E-state index in [4.69, 9.17) is 0 Å². The number of anilines is 1. The van der Waals surface area contributed by atoms with Crippen LogP contribution in [0, 0.1) is 13.8 Å². The second kappa shape index (κ2) is 7.97. The average molecular weight is 326 g/mol. The molecule has 128 valence electrons. The van der Waals surface area contributed by atoms with Crippen molar-refractivity contribution < 1.29 is 9.90 Å². The van der Waals surface area contributed by atoms with Crippen molar-refractivity contribution in [3.8, 4) is 0 Å². The molecule has 3 N–H and O–H groups in total. The summed E-state index contributed by atoms with van der Waals surface area (Å²) >= 11 is 0. The van der Waals surface area contributed by atoms with Crippen molar-refractivity contribution in [2.75, 3.05) is 11.9 Å². The van der Waals surface area contributed by atoms with Crippen LogP contribution < -0.4 is 10.6 Å². The van der Waals surface area contributed by atoms with Gasteiger partial charge in [0, 0.05) is 12.2 Å². The van der Waals surface area contributed by atoms with E-state index in [-0.39, 0.29) is 12.6 Å². The molecular weight excluding hydrogens is 300 g/mol. The normalized spacial score (nSPS) is 13.2. The molecule has 2 amide bonds. The molecule has 4 nitrogen and oxygen atoms in total. The Kier molecular flexibility index (Phi) is 5.99. The molecule has 1 atom stereocenters. The number of aliphatic hydroxyl groups is 1. The lowest BCUT2D eigenvalue weighted by molar-refractivity contribution is 0.0539. The maximum absolute atomic E-state index is 12.0. The van der Waals surface area contributed by atoms with Crippen LogP contribution in [0.3, 0.4) is 0 Å². The molecule has 0 aliphatic heterocycles. The predicted molar refractivity (Wildman–Crippen MR) is 98.3 cm³/mol. The zero-order valence-electron chi connectivity index (χ0n) is 14.6. The van der Waals surface area contributed by atoms with Crippen LogP contribution >= 0.6 is 0 Å². The largest absolute Gasteiger partial charge is 0.388 e. The lowest BCUT2D eigenvalue weighted by Gasteiger charge is -2.24. The molecule has 0 heterocycles. The van der Waals surface area contributed by atoms with E-state index in [0.717, 1.165) is 17.7 Å². The highest BCUT2D eigenvalue weighted by Gasteiger charge is 2.21. The van der Waals surface area contributed by atoms with Gasteiger partial charge in [0.15, 0.2) is 0 Å². The monoisotopic (exact) mass is 326 g/mol. The second-order valence-electron chi connectivity index (χ2n) is 6.59. The Morgan fingerprint density at radius 1 is 1.08 bits per heavy atom. The maximum atomic E-state index is 12.0. The standard InChI is InChI=1S/C20H26N2O2/c1-15-9-10-18(13-16(15)2)22-19(23)21-14-20(3,24)12-11-17-7-5-4-6-8-17/h4-10,13,24H,11-12,14H2,1-3H3,(H2,21,22,23). The lowest BCUT2D eigenvalue weighted by atomic mass is 9.97. The third kappa shape index (κ3) is 5.70. The van der Waals surface area contributed by atoms with Gasteiger partial charge in [0.05, 0.1) is 5.60 Å². The number of nitrogens with one attached hydrogen (secondary N) is 2. The number of hydrogen-bond acceptors (Lipinski definition) is 2. The highest BCUT2D eigenvalue weighted by atomic mass is 16.3. The van der Waals surface area contributed by atoms with Gasteiger partial charge in [0.1, 0.15) is 0 Å². The van der Waals surface area contributed by atoms with Crippen LogP contribution in [0.1, 0.15) is 30.0 Å². The fraction of sp³-hybridized carbons (Fsp3) is 0.350. The van der Waals surface area contributed by atoms with Gasteiger partial charge in [-0.2, -0.15) is 0 Å². The Balaban J connectivity index is 1.80. The van der Waals surface area contributed by atoms with Crippen LogP contribution in [0.15, 0.2) is 48.5 Å².